The zero-order chi connectivity index (χ0) is 28.9. The molecule has 10 heteroatoms. The van der Waals surface area contributed by atoms with Crippen LogP contribution in [0.15, 0.2) is 84.4 Å². The number of rotatable bonds is 10. The molecule has 42 heavy (non-hydrogen) atoms. The van der Waals surface area contributed by atoms with Crippen LogP contribution < -0.4 is 5.32 Å². The predicted molar refractivity (Wildman–Crippen MR) is 165 cm³/mol. The number of carbonyl (C=O) groups excluding carboxylic acids is 1. The molecule has 0 radical (unpaired) electrons. The summed E-state index contributed by atoms with van der Waals surface area (Å²) in [6.07, 6.45) is 4.52. The van der Waals surface area contributed by atoms with Crippen molar-refractivity contribution >= 4 is 22.4 Å². The summed E-state index contributed by atoms with van der Waals surface area (Å²) in [4.78, 5) is 22.2. The van der Waals surface area contributed by atoms with E-state index in [1.54, 1.807) is 6.20 Å². The van der Waals surface area contributed by atoms with Crippen molar-refractivity contribution in [1.82, 2.24) is 35.2 Å². The molecule has 0 aliphatic heterocycles. The maximum absolute atomic E-state index is 13.2. The second-order valence-electron chi connectivity index (χ2n) is 10.1. The van der Waals surface area contributed by atoms with Crippen molar-refractivity contribution in [3.8, 4) is 33.6 Å². The lowest BCUT2D eigenvalue weighted by molar-refractivity contribution is 0.101. The molecule has 210 valence electrons. The second-order valence-corrected chi connectivity index (χ2v) is 10.9. The van der Waals surface area contributed by atoms with E-state index >= 15 is 0 Å². The summed E-state index contributed by atoms with van der Waals surface area (Å²) in [7, 11) is 0. The van der Waals surface area contributed by atoms with Gasteiger partial charge in [0.25, 0.3) is 5.91 Å². The maximum atomic E-state index is 13.2. The van der Waals surface area contributed by atoms with E-state index in [0.29, 0.717) is 23.2 Å². The number of H-pyrrole nitrogens is 1. The van der Waals surface area contributed by atoms with Crippen LogP contribution in [0.4, 0.5) is 5.13 Å². The Morgan fingerprint density at radius 1 is 0.976 bits per heavy atom. The van der Waals surface area contributed by atoms with Gasteiger partial charge in [0.1, 0.15) is 11.5 Å². The summed E-state index contributed by atoms with van der Waals surface area (Å²) in [6.45, 7) is 4.59. The summed E-state index contributed by atoms with van der Waals surface area (Å²) in [5, 5.41) is 20.2. The molecule has 0 unspecified atom stereocenters. The number of nitrogens with zero attached hydrogens (tertiary/aromatic N) is 6. The summed E-state index contributed by atoms with van der Waals surface area (Å²) >= 11 is 1.41. The number of aryl methyl sites for hydroxylation is 2. The molecule has 0 aliphatic carbocycles. The topological polar surface area (TPSA) is 114 Å². The molecule has 0 spiro atoms. The fourth-order valence-corrected chi connectivity index (χ4v) is 5.60. The first kappa shape index (κ1) is 27.2. The van der Waals surface area contributed by atoms with E-state index in [1.165, 1.54) is 11.3 Å². The van der Waals surface area contributed by atoms with E-state index in [1.807, 2.05) is 41.1 Å². The Morgan fingerprint density at radius 3 is 2.50 bits per heavy atom. The van der Waals surface area contributed by atoms with E-state index in [0.717, 1.165) is 64.2 Å². The molecule has 0 bridgehead atoms. The number of carbonyl (C=O) groups is 1. The van der Waals surface area contributed by atoms with Crippen LogP contribution in [0.5, 0.6) is 0 Å². The molecule has 3 aromatic heterocycles. The highest BCUT2D eigenvalue weighted by molar-refractivity contribution is 7.13. The molecule has 3 heterocycles. The van der Waals surface area contributed by atoms with Crippen molar-refractivity contribution < 1.29 is 4.79 Å². The molecular weight excluding hydrogens is 544 g/mol. The SMILES string of the molecule is CCCCc1ncc(C(=O)Nc2nc(C)cs2)n1Cc1ccc(-c2cc(-c3ccccc3)ccc2-c2nn[nH]n2)cc1. The molecule has 6 rings (SSSR count). The number of thiazole rings is 1. The lowest BCUT2D eigenvalue weighted by Gasteiger charge is -2.14. The first-order chi connectivity index (χ1) is 20.6. The average molecular weight is 575 g/mol. The minimum absolute atomic E-state index is 0.210. The maximum Gasteiger partial charge on any atom is 0.275 e. The van der Waals surface area contributed by atoms with Gasteiger partial charge in [0, 0.05) is 23.9 Å². The number of hydrogen-bond acceptors (Lipinski definition) is 7. The minimum atomic E-state index is -0.210. The first-order valence-corrected chi connectivity index (χ1v) is 14.8. The first-order valence-electron chi connectivity index (χ1n) is 13.9. The molecule has 0 atom stereocenters. The molecule has 0 saturated carbocycles. The predicted octanol–water partition coefficient (Wildman–Crippen LogP) is 6.81. The van der Waals surface area contributed by atoms with Gasteiger partial charge in [-0.05, 0) is 58.5 Å². The monoisotopic (exact) mass is 574 g/mol. The Kier molecular flexibility index (Phi) is 7.96. The molecule has 0 fully saturated rings. The second kappa shape index (κ2) is 12.3. The fourth-order valence-electron chi connectivity index (χ4n) is 4.92. The third-order valence-electron chi connectivity index (χ3n) is 7.08. The van der Waals surface area contributed by atoms with E-state index < -0.39 is 0 Å². The fraction of sp³-hybridized carbons (Fsp3) is 0.188. The van der Waals surface area contributed by atoms with E-state index in [9.17, 15) is 4.79 Å². The van der Waals surface area contributed by atoms with E-state index in [4.69, 9.17) is 0 Å². The van der Waals surface area contributed by atoms with Crippen LogP contribution in [0.2, 0.25) is 0 Å². The summed E-state index contributed by atoms with van der Waals surface area (Å²) in [5.74, 6) is 1.23. The van der Waals surface area contributed by atoms with E-state index in [-0.39, 0.29) is 5.91 Å². The molecule has 6 aromatic rings. The Balaban J connectivity index is 1.31. The van der Waals surface area contributed by atoms with Gasteiger partial charge in [0.05, 0.1) is 11.9 Å². The summed E-state index contributed by atoms with van der Waals surface area (Å²) in [5.41, 5.74) is 7.63. The van der Waals surface area contributed by atoms with Crippen molar-refractivity contribution in [2.24, 2.45) is 0 Å². The minimum Gasteiger partial charge on any atom is -0.319 e. The molecular formula is C32H30N8OS. The third kappa shape index (κ3) is 5.89. The lowest BCUT2D eigenvalue weighted by atomic mass is 9.93. The van der Waals surface area contributed by atoms with Gasteiger partial charge >= 0.3 is 0 Å². The van der Waals surface area contributed by atoms with Gasteiger partial charge in [-0.25, -0.2) is 9.97 Å². The zero-order valence-corrected chi connectivity index (χ0v) is 24.2. The number of hydrogen-bond donors (Lipinski definition) is 2. The van der Waals surface area contributed by atoms with Crippen LogP contribution >= 0.6 is 11.3 Å². The zero-order valence-electron chi connectivity index (χ0n) is 23.4. The highest BCUT2D eigenvalue weighted by Gasteiger charge is 2.19. The highest BCUT2D eigenvalue weighted by atomic mass is 32.1. The van der Waals surface area contributed by atoms with Crippen LogP contribution in [0.1, 0.15) is 47.3 Å². The number of aromatic nitrogens is 7. The van der Waals surface area contributed by atoms with Crippen molar-refractivity contribution in [2.45, 2.75) is 39.7 Å². The van der Waals surface area contributed by atoms with Gasteiger partial charge in [-0.1, -0.05) is 74.0 Å². The van der Waals surface area contributed by atoms with Gasteiger partial charge in [-0.3, -0.25) is 10.1 Å². The molecule has 0 aliphatic rings. The lowest BCUT2D eigenvalue weighted by Crippen LogP contribution is -2.19. The number of imidazole rings is 1. The quantitative estimate of drug-likeness (QED) is 0.186. The number of unbranched alkanes of at least 4 members (excludes halogenated alkanes) is 1. The largest absolute Gasteiger partial charge is 0.319 e. The van der Waals surface area contributed by atoms with Crippen LogP contribution in [-0.2, 0) is 13.0 Å². The van der Waals surface area contributed by atoms with Gasteiger partial charge in [-0.2, -0.15) is 5.21 Å². The average Bonchev–Trinajstić information content (AvgIpc) is 3.79. The Bertz CT molecular complexity index is 1790. The van der Waals surface area contributed by atoms with Gasteiger partial charge in [-0.15, -0.1) is 21.5 Å². The Labute approximate surface area is 247 Å². The van der Waals surface area contributed by atoms with Crippen molar-refractivity contribution in [1.29, 1.82) is 0 Å². The standard InChI is InChI=1S/C32H30N8OS/c1-3-4-10-29-33-18-28(31(41)35-32-34-21(2)20-42-32)40(29)19-22-11-13-24(14-12-22)27-17-25(23-8-6-5-7-9-23)15-16-26(27)30-36-38-39-37-30/h5-9,11-18,20H,3-4,10,19H2,1-2H3,(H,34,35,41)(H,36,37,38,39). The number of benzene rings is 3. The summed E-state index contributed by atoms with van der Waals surface area (Å²) < 4.78 is 2.02. The molecule has 3 aromatic carbocycles. The van der Waals surface area contributed by atoms with Crippen LogP contribution in [0.3, 0.4) is 0 Å². The van der Waals surface area contributed by atoms with Crippen molar-refractivity contribution in [2.75, 3.05) is 5.32 Å². The normalized spacial score (nSPS) is 11.1. The van der Waals surface area contributed by atoms with Crippen molar-refractivity contribution in [3.63, 3.8) is 0 Å². The summed E-state index contributed by atoms with van der Waals surface area (Å²) in [6, 6.07) is 25.0. The van der Waals surface area contributed by atoms with Gasteiger partial charge in [0.2, 0.25) is 5.82 Å². The van der Waals surface area contributed by atoms with Gasteiger partial charge < -0.3 is 4.57 Å². The van der Waals surface area contributed by atoms with Crippen LogP contribution in [0, 0.1) is 6.92 Å². The number of aromatic amines is 1. The van der Waals surface area contributed by atoms with E-state index in [2.05, 4.69) is 91.4 Å². The molecule has 1 amide bonds. The van der Waals surface area contributed by atoms with Crippen molar-refractivity contribution in [3.05, 3.63) is 107 Å². The smallest absolute Gasteiger partial charge is 0.275 e. The molecule has 2 N–H and O–H groups in total. The number of anilines is 1. The number of tetrazole rings is 1. The molecule has 9 nitrogen and oxygen atoms in total. The van der Waals surface area contributed by atoms with Crippen LogP contribution in [0.25, 0.3) is 33.6 Å². The van der Waals surface area contributed by atoms with Gasteiger partial charge in [0.15, 0.2) is 5.13 Å². The van der Waals surface area contributed by atoms with Crippen LogP contribution in [-0.4, -0.2) is 41.1 Å². The Morgan fingerprint density at radius 2 is 1.79 bits per heavy atom. The number of nitrogens with one attached hydrogen (secondary N) is 2. The molecule has 0 saturated heterocycles. The third-order valence-corrected chi connectivity index (χ3v) is 7.96. The Hall–Kier alpha value is -4.96. The highest BCUT2D eigenvalue weighted by Crippen LogP contribution is 2.34. The number of amides is 1.